The maximum absolute atomic E-state index is 11.7. The van der Waals surface area contributed by atoms with Gasteiger partial charge in [0.1, 0.15) is 0 Å². The highest BCUT2D eigenvalue weighted by atomic mass is 32.2. The third-order valence-corrected chi connectivity index (χ3v) is 4.10. The average Bonchev–Trinajstić information content (AvgIpc) is 2.13. The van der Waals surface area contributed by atoms with E-state index in [1.165, 1.54) is 4.31 Å². The zero-order valence-electron chi connectivity index (χ0n) is 10.0. The molecule has 92 valence electrons. The topological polar surface area (TPSA) is 75.4 Å². The lowest BCUT2D eigenvalue weighted by Gasteiger charge is -2.22. The Bertz CT molecular complexity index is 265. The number of rotatable bonds is 7. The van der Waals surface area contributed by atoms with Gasteiger partial charge in [-0.1, -0.05) is 13.8 Å². The Morgan fingerprint density at radius 2 is 1.87 bits per heavy atom. The molecule has 0 aromatic heterocycles. The fraction of sp³-hybridized carbons (Fsp3) is 1.00. The molecule has 0 aliphatic heterocycles. The van der Waals surface area contributed by atoms with Crippen molar-refractivity contribution in [2.24, 2.45) is 11.7 Å². The molecule has 1 unspecified atom stereocenters. The Hall–Kier alpha value is -0.170. The Labute approximate surface area is 93.2 Å². The van der Waals surface area contributed by atoms with Gasteiger partial charge in [0.15, 0.2) is 0 Å². The molecule has 0 bridgehead atoms. The number of nitrogens with one attached hydrogen (secondary N) is 1. The molecule has 1 atom stereocenters. The first kappa shape index (κ1) is 14.8. The molecule has 0 fully saturated rings. The van der Waals surface area contributed by atoms with Gasteiger partial charge in [-0.05, 0) is 25.8 Å². The number of hydrogen-bond acceptors (Lipinski definition) is 3. The summed E-state index contributed by atoms with van der Waals surface area (Å²) in [6.45, 7) is 6.77. The van der Waals surface area contributed by atoms with Gasteiger partial charge < -0.3 is 5.73 Å². The van der Waals surface area contributed by atoms with Crippen LogP contribution in [0.15, 0.2) is 0 Å². The molecular weight excluding hydrogens is 214 g/mol. The molecule has 0 aliphatic carbocycles. The van der Waals surface area contributed by atoms with Gasteiger partial charge in [0.2, 0.25) is 0 Å². The minimum atomic E-state index is -3.35. The van der Waals surface area contributed by atoms with Crippen LogP contribution < -0.4 is 10.5 Å². The van der Waals surface area contributed by atoms with Crippen molar-refractivity contribution in [2.45, 2.75) is 33.2 Å². The molecule has 0 amide bonds. The van der Waals surface area contributed by atoms with Gasteiger partial charge in [0.25, 0.3) is 10.2 Å². The lowest BCUT2D eigenvalue weighted by Crippen LogP contribution is -2.44. The Morgan fingerprint density at radius 3 is 2.27 bits per heavy atom. The quantitative estimate of drug-likeness (QED) is 0.661. The molecule has 5 nitrogen and oxygen atoms in total. The van der Waals surface area contributed by atoms with Crippen LogP contribution in [0.25, 0.3) is 0 Å². The minimum Gasteiger partial charge on any atom is -0.330 e. The van der Waals surface area contributed by atoms with Crippen LogP contribution in [0.4, 0.5) is 0 Å². The summed E-state index contributed by atoms with van der Waals surface area (Å²) in [5.41, 5.74) is 5.33. The highest BCUT2D eigenvalue weighted by Crippen LogP contribution is 2.04. The van der Waals surface area contributed by atoms with Crippen molar-refractivity contribution in [1.29, 1.82) is 0 Å². The van der Waals surface area contributed by atoms with Crippen LogP contribution in [0.1, 0.15) is 27.2 Å². The minimum absolute atomic E-state index is 0.0599. The summed E-state index contributed by atoms with van der Waals surface area (Å²) in [6, 6.07) is -0.0599. The zero-order chi connectivity index (χ0) is 12.1. The third kappa shape index (κ3) is 5.46. The number of nitrogens with two attached hydrogens (primary N) is 1. The van der Waals surface area contributed by atoms with Gasteiger partial charge in [-0.25, -0.2) is 0 Å². The van der Waals surface area contributed by atoms with Crippen molar-refractivity contribution in [3.05, 3.63) is 0 Å². The maximum Gasteiger partial charge on any atom is 0.279 e. The second kappa shape index (κ2) is 6.42. The van der Waals surface area contributed by atoms with E-state index in [1.807, 2.05) is 20.8 Å². The van der Waals surface area contributed by atoms with E-state index < -0.39 is 10.2 Å². The summed E-state index contributed by atoms with van der Waals surface area (Å²) >= 11 is 0. The predicted octanol–water partition coefficient (Wildman–Crippen LogP) is 0.146. The van der Waals surface area contributed by atoms with Crippen LogP contribution in [0.3, 0.4) is 0 Å². The van der Waals surface area contributed by atoms with Crippen molar-refractivity contribution in [3.8, 4) is 0 Å². The van der Waals surface area contributed by atoms with E-state index in [1.54, 1.807) is 7.05 Å². The van der Waals surface area contributed by atoms with Crippen LogP contribution >= 0.6 is 0 Å². The van der Waals surface area contributed by atoms with Gasteiger partial charge in [0, 0.05) is 19.6 Å². The smallest absolute Gasteiger partial charge is 0.279 e. The van der Waals surface area contributed by atoms with E-state index in [2.05, 4.69) is 4.72 Å². The third-order valence-electron chi connectivity index (χ3n) is 2.42. The highest BCUT2D eigenvalue weighted by Gasteiger charge is 2.20. The lowest BCUT2D eigenvalue weighted by molar-refractivity contribution is 0.421. The number of hydrogen-bond donors (Lipinski definition) is 2. The van der Waals surface area contributed by atoms with E-state index in [-0.39, 0.29) is 12.0 Å². The first-order valence-electron chi connectivity index (χ1n) is 5.25. The summed E-state index contributed by atoms with van der Waals surface area (Å²) in [5, 5.41) is 0. The van der Waals surface area contributed by atoms with Crippen molar-refractivity contribution in [3.63, 3.8) is 0 Å². The van der Waals surface area contributed by atoms with Crippen LogP contribution in [0, 0.1) is 5.92 Å². The second-order valence-corrected chi connectivity index (χ2v) is 5.93. The van der Waals surface area contributed by atoms with Crippen molar-refractivity contribution < 1.29 is 8.42 Å². The largest absolute Gasteiger partial charge is 0.330 e. The molecule has 6 heteroatoms. The molecule has 0 aromatic rings. The molecule has 0 saturated carbocycles. The van der Waals surface area contributed by atoms with Gasteiger partial charge in [-0.2, -0.15) is 17.4 Å². The fourth-order valence-electron chi connectivity index (χ4n) is 0.895. The maximum atomic E-state index is 11.7. The molecule has 0 aromatic carbocycles. The van der Waals surface area contributed by atoms with Gasteiger partial charge >= 0.3 is 0 Å². The second-order valence-electron chi connectivity index (χ2n) is 4.12. The van der Waals surface area contributed by atoms with E-state index >= 15 is 0 Å². The first-order valence-corrected chi connectivity index (χ1v) is 6.69. The molecule has 3 N–H and O–H groups in total. The van der Waals surface area contributed by atoms with E-state index in [9.17, 15) is 8.42 Å². The molecular formula is C9H23N3O2S. The molecule has 0 heterocycles. The summed E-state index contributed by atoms with van der Waals surface area (Å²) in [7, 11) is -1.79. The highest BCUT2D eigenvalue weighted by molar-refractivity contribution is 7.87. The lowest BCUT2D eigenvalue weighted by atomic mass is 10.1. The predicted molar refractivity (Wildman–Crippen MR) is 62.7 cm³/mol. The van der Waals surface area contributed by atoms with E-state index in [0.717, 1.165) is 0 Å². The zero-order valence-corrected chi connectivity index (χ0v) is 10.8. The molecule has 0 saturated heterocycles. The average molecular weight is 237 g/mol. The monoisotopic (exact) mass is 237 g/mol. The fourth-order valence-corrected chi connectivity index (χ4v) is 2.19. The van der Waals surface area contributed by atoms with E-state index in [4.69, 9.17) is 5.73 Å². The molecule has 15 heavy (non-hydrogen) atoms. The van der Waals surface area contributed by atoms with Crippen molar-refractivity contribution in [2.75, 3.05) is 20.1 Å². The van der Waals surface area contributed by atoms with Crippen molar-refractivity contribution >= 4 is 10.2 Å². The summed E-state index contributed by atoms with van der Waals surface area (Å²) in [4.78, 5) is 0. The van der Waals surface area contributed by atoms with E-state index in [0.29, 0.717) is 19.5 Å². The van der Waals surface area contributed by atoms with Gasteiger partial charge in [-0.15, -0.1) is 0 Å². The summed E-state index contributed by atoms with van der Waals surface area (Å²) in [6.07, 6.45) is 0.674. The Morgan fingerprint density at radius 1 is 1.33 bits per heavy atom. The Kier molecular flexibility index (Phi) is 6.35. The molecule has 0 spiro atoms. The Balaban J connectivity index is 4.29. The summed E-state index contributed by atoms with van der Waals surface area (Å²) in [5.74, 6) is 0.280. The summed E-state index contributed by atoms with van der Waals surface area (Å²) < 4.78 is 27.4. The normalized spacial score (nSPS) is 14.9. The van der Waals surface area contributed by atoms with Crippen molar-refractivity contribution in [1.82, 2.24) is 9.03 Å². The van der Waals surface area contributed by atoms with Gasteiger partial charge in [-0.3, -0.25) is 0 Å². The first-order chi connectivity index (χ1) is 6.81. The standard InChI is InChI=1S/C9H23N3O2S/c1-8(2)9(3)11-15(13,14)12(4)7-5-6-10/h8-9,11H,5-7,10H2,1-4H3. The van der Waals surface area contributed by atoms with Gasteiger partial charge in [0.05, 0.1) is 0 Å². The van der Waals surface area contributed by atoms with Crippen LogP contribution in [-0.2, 0) is 10.2 Å². The molecule has 0 radical (unpaired) electrons. The van der Waals surface area contributed by atoms with Crippen LogP contribution in [0.5, 0.6) is 0 Å². The SMILES string of the molecule is CC(C)C(C)NS(=O)(=O)N(C)CCCN. The van der Waals surface area contributed by atoms with Crippen LogP contribution in [0.2, 0.25) is 0 Å². The molecule has 0 rings (SSSR count). The number of nitrogens with zero attached hydrogens (tertiary/aromatic N) is 1. The molecule has 0 aliphatic rings. The van der Waals surface area contributed by atoms with Crippen LogP contribution in [-0.4, -0.2) is 38.9 Å².